The lowest BCUT2D eigenvalue weighted by Gasteiger charge is -2.37. The first-order valence-electron chi connectivity index (χ1n) is 11.2. The van der Waals surface area contributed by atoms with Crippen molar-refractivity contribution in [1.82, 2.24) is 8.87 Å². The van der Waals surface area contributed by atoms with E-state index < -0.39 is 21.8 Å². The largest absolute Gasteiger partial charge is 0.487 e. The molecule has 1 aromatic heterocycles. The summed E-state index contributed by atoms with van der Waals surface area (Å²) in [6, 6.07) is 14.1. The van der Waals surface area contributed by atoms with E-state index in [1.54, 1.807) is 16.7 Å². The summed E-state index contributed by atoms with van der Waals surface area (Å²) in [6.45, 7) is 2.14. The average molecular weight is 505 g/mol. The van der Waals surface area contributed by atoms with Crippen LogP contribution >= 0.6 is 0 Å². The van der Waals surface area contributed by atoms with Gasteiger partial charge in [0.25, 0.3) is 5.56 Å². The van der Waals surface area contributed by atoms with Crippen LogP contribution in [0.5, 0.6) is 5.75 Å². The zero-order valence-corrected chi connectivity index (χ0v) is 19.6. The standard InChI is InChI=1S/C25H23F3N2O4S/c1-16-11-21(13-24(31)30(16)20-7-8-20)34-22-14-29(15-22)35(32,33)23-9-5-17(6-10-23)18-3-2-4-19(12-18)25(26,27)28/h2-6,9-13,20,22H,7-8,14-15H2,1H3. The molecule has 1 saturated heterocycles. The lowest BCUT2D eigenvalue weighted by Crippen LogP contribution is -2.56. The van der Waals surface area contributed by atoms with E-state index in [2.05, 4.69) is 0 Å². The molecule has 0 unspecified atom stereocenters. The summed E-state index contributed by atoms with van der Waals surface area (Å²) in [5, 5.41) is 0. The number of aromatic nitrogens is 1. The molecular weight excluding hydrogens is 481 g/mol. The third-order valence-electron chi connectivity index (χ3n) is 6.28. The van der Waals surface area contributed by atoms with Crippen molar-refractivity contribution in [2.75, 3.05) is 13.1 Å². The Bertz CT molecular complexity index is 1420. The van der Waals surface area contributed by atoms with Crippen molar-refractivity contribution in [3.05, 3.63) is 82.3 Å². The van der Waals surface area contributed by atoms with Gasteiger partial charge in [-0.15, -0.1) is 0 Å². The maximum absolute atomic E-state index is 13.0. The number of alkyl halides is 3. The molecule has 0 spiro atoms. The number of nitrogens with zero attached hydrogens (tertiary/aromatic N) is 2. The predicted octanol–water partition coefficient (Wildman–Crippen LogP) is 4.63. The lowest BCUT2D eigenvalue weighted by atomic mass is 10.0. The van der Waals surface area contributed by atoms with Crippen LogP contribution in [0.3, 0.4) is 0 Å². The fourth-order valence-electron chi connectivity index (χ4n) is 4.26. The van der Waals surface area contributed by atoms with Crippen LogP contribution in [0.2, 0.25) is 0 Å². The molecule has 0 bridgehead atoms. The summed E-state index contributed by atoms with van der Waals surface area (Å²) in [4.78, 5) is 12.4. The van der Waals surface area contributed by atoms with Crippen LogP contribution in [-0.2, 0) is 16.2 Å². The summed E-state index contributed by atoms with van der Waals surface area (Å²) >= 11 is 0. The molecule has 35 heavy (non-hydrogen) atoms. The van der Waals surface area contributed by atoms with Crippen LogP contribution in [0.25, 0.3) is 11.1 Å². The highest BCUT2D eigenvalue weighted by molar-refractivity contribution is 7.89. The smallest absolute Gasteiger partial charge is 0.416 e. The molecule has 1 saturated carbocycles. The lowest BCUT2D eigenvalue weighted by molar-refractivity contribution is -0.137. The monoisotopic (exact) mass is 504 g/mol. The van der Waals surface area contributed by atoms with Gasteiger partial charge < -0.3 is 9.30 Å². The van der Waals surface area contributed by atoms with Crippen LogP contribution in [-0.4, -0.2) is 36.5 Å². The van der Waals surface area contributed by atoms with Gasteiger partial charge in [-0.25, -0.2) is 8.42 Å². The van der Waals surface area contributed by atoms with Gasteiger partial charge in [0.05, 0.1) is 23.5 Å². The molecule has 2 heterocycles. The van der Waals surface area contributed by atoms with Gasteiger partial charge >= 0.3 is 6.18 Å². The number of rotatable bonds is 6. The highest BCUT2D eigenvalue weighted by Gasteiger charge is 2.38. The van der Waals surface area contributed by atoms with E-state index in [0.717, 1.165) is 30.7 Å². The molecule has 10 heteroatoms. The zero-order valence-electron chi connectivity index (χ0n) is 18.8. The first-order valence-corrected chi connectivity index (χ1v) is 12.6. The molecule has 184 valence electrons. The number of hydrogen-bond acceptors (Lipinski definition) is 4. The Morgan fingerprint density at radius 1 is 0.943 bits per heavy atom. The predicted molar refractivity (Wildman–Crippen MR) is 124 cm³/mol. The Hall–Kier alpha value is -3.11. The van der Waals surface area contributed by atoms with Crippen molar-refractivity contribution in [2.45, 2.75) is 43.0 Å². The average Bonchev–Trinajstić information content (AvgIpc) is 3.60. The van der Waals surface area contributed by atoms with E-state index in [0.29, 0.717) is 16.9 Å². The van der Waals surface area contributed by atoms with Crippen LogP contribution in [0.4, 0.5) is 13.2 Å². The van der Waals surface area contributed by atoms with Gasteiger partial charge in [0, 0.05) is 17.8 Å². The van der Waals surface area contributed by atoms with E-state index in [4.69, 9.17) is 4.74 Å². The molecule has 2 fully saturated rings. The van der Waals surface area contributed by atoms with E-state index in [1.165, 1.54) is 40.7 Å². The van der Waals surface area contributed by atoms with Gasteiger partial charge in [-0.3, -0.25) is 4.79 Å². The number of hydrogen-bond donors (Lipinski definition) is 0. The minimum absolute atomic E-state index is 0.0505. The van der Waals surface area contributed by atoms with E-state index in [1.807, 2.05) is 6.92 Å². The third-order valence-corrected chi connectivity index (χ3v) is 8.12. The summed E-state index contributed by atoms with van der Waals surface area (Å²) in [5.74, 6) is 0.428. The molecule has 0 amide bonds. The van der Waals surface area contributed by atoms with Crippen molar-refractivity contribution in [3.63, 3.8) is 0 Å². The van der Waals surface area contributed by atoms with Crippen LogP contribution in [0.15, 0.2) is 70.4 Å². The maximum Gasteiger partial charge on any atom is 0.416 e. The number of aryl methyl sites for hydroxylation is 1. The number of pyridine rings is 1. The van der Waals surface area contributed by atoms with E-state index >= 15 is 0 Å². The van der Waals surface area contributed by atoms with Gasteiger partial charge in [-0.1, -0.05) is 24.3 Å². The normalized spacial score (nSPS) is 17.3. The van der Waals surface area contributed by atoms with Crippen molar-refractivity contribution in [3.8, 4) is 16.9 Å². The van der Waals surface area contributed by atoms with Gasteiger partial charge in [0.15, 0.2) is 0 Å². The number of sulfonamides is 1. The van der Waals surface area contributed by atoms with Gasteiger partial charge in [-0.05, 0) is 61.2 Å². The Balaban J connectivity index is 1.25. The van der Waals surface area contributed by atoms with Gasteiger partial charge in [0.2, 0.25) is 10.0 Å². The van der Waals surface area contributed by atoms with E-state index in [9.17, 15) is 26.4 Å². The fourth-order valence-corrected chi connectivity index (χ4v) is 5.76. The van der Waals surface area contributed by atoms with Crippen molar-refractivity contribution in [2.24, 2.45) is 0 Å². The number of halogens is 3. The van der Waals surface area contributed by atoms with Gasteiger partial charge in [0.1, 0.15) is 11.9 Å². The van der Waals surface area contributed by atoms with Crippen molar-refractivity contribution in [1.29, 1.82) is 0 Å². The maximum atomic E-state index is 13.0. The molecule has 1 aliphatic carbocycles. The minimum Gasteiger partial charge on any atom is -0.487 e. The first-order chi connectivity index (χ1) is 16.5. The second-order valence-electron chi connectivity index (χ2n) is 8.94. The second kappa shape index (κ2) is 8.53. The third kappa shape index (κ3) is 4.72. The molecule has 0 atom stereocenters. The van der Waals surface area contributed by atoms with Crippen LogP contribution in [0, 0.1) is 6.92 Å². The Labute approximate surface area is 200 Å². The van der Waals surface area contributed by atoms with E-state index in [-0.39, 0.29) is 35.7 Å². The number of ether oxygens (including phenoxy) is 1. The first kappa shape index (κ1) is 23.6. The quantitative estimate of drug-likeness (QED) is 0.491. The topological polar surface area (TPSA) is 68.6 Å². The molecule has 6 nitrogen and oxygen atoms in total. The molecule has 2 aliphatic rings. The molecule has 5 rings (SSSR count). The summed E-state index contributed by atoms with van der Waals surface area (Å²) in [6.07, 6.45) is -2.83. The Morgan fingerprint density at radius 3 is 2.23 bits per heavy atom. The second-order valence-corrected chi connectivity index (χ2v) is 10.9. The summed E-state index contributed by atoms with van der Waals surface area (Å²) in [5.41, 5.74) is 0.765. The SMILES string of the molecule is Cc1cc(OC2CN(S(=O)(=O)c3ccc(-c4cccc(C(F)(F)F)c4)cc3)C2)cc(=O)n1C1CC1. The minimum atomic E-state index is -4.46. The highest BCUT2D eigenvalue weighted by atomic mass is 32.2. The number of benzene rings is 2. The van der Waals surface area contributed by atoms with Crippen molar-refractivity contribution >= 4 is 10.0 Å². The zero-order chi connectivity index (χ0) is 25.0. The highest BCUT2D eigenvalue weighted by Crippen LogP contribution is 2.35. The fraction of sp³-hybridized carbons (Fsp3) is 0.320. The Morgan fingerprint density at radius 2 is 1.63 bits per heavy atom. The molecule has 0 N–H and O–H groups in total. The summed E-state index contributed by atoms with van der Waals surface area (Å²) < 4.78 is 73.7. The molecule has 1 aliphatic heterocycles. The van der Waals surface area contributed by atoms with Crippen molar-refractivity contribution < 1.29 is 26.3 Å². The Kier molecular flexibility index (Phi) is 5.76. The molecular formula is C25H23F3N2O4S. The molecule has 3 aromatic rings. The van der Waals surface area contributed by atoms with Gasteiger partial charge in [-0.2, -0.15) is 17.5 Å². The molecule has 0 radical (unpaired) electrons. The van der Waals surface area contributed by atoms with Crippen LogP contribution in [0.1, 0.15) is 30.1 Å². The summed E-state index contributed by atoms with van der Waals surface area (Å²) in [7, 11) is -3.78. The molecule has 2 aromatic carbocycles. The van der Waals surface area contributed by atoms with Crippen LogP contribution < -0.4 is 10.3 Å².